The van der Waals surface area contributed by atoms with Crippen molar-refractivity contribution in [1.82, 2.24) is 4.90 Å². The second-order valence-electron chi connectivity index (χ2n) is 3.93. The highest BCUT2D eigenvalue weighted by molar-refractivity contribution is 6.12. The van der Waals surface area contributed by atoms with Crippen LogP contribution >= 0.6 is 0 Å². The van der Waals surface area contributed by atoms with E-state index in [1.807, 2.05) is 0 Å². The zero-order valence-corrected chi connectivity index (χ0v) is 8.11. The average molecular weight is 192 g/mol. The van der Waals surface area contributed by atoms with Crippen molar-refractivity contribution in [3.05, 3.63) is 18.6 Å². The van der Waals surface area contributed by atoms with E-state index in [-0.39, 0.29) is 11.8 Å². The summed E-state index contributed by atoms with van der Waals surface area (Å²) in [6, 6.07) is 0. The molecule has 0 aromatic rings. The number of hydrogen-bond donors (Lipinski definition) is 0. The summed E-state index contributed by atoms with van der Waals surface area (Å²) < 4.78 is 0. The fourth-order valence-corrected chi connectivity index (χ4v) is 2.05. The van der Waals surface area contributed by atoms with Crippen molar-refractivity contribution < 1.29 is 9.59 Å². The summed E-state index contributed by atoms with van der Waals surface area (Å²) in [5, 5.41) is 0. The minimum Gasteiger partial charge on any atom is -0.275 e. The highest BCUT2D eigenvalue weighted by Gasteiger charge is 2.26. The molecule has 0 aromatic heterocycles. The molecule has 0 unspecified atom stereocenters. The maximum atomic E-state index is 11.3. The van der Waals surface area contributed by atoms with Crippen molar-refractivity contribution in [2.45, 2.75) is 25.7 Å². The lowest BCUT2D eigenvalue weighted by Gasteiger charge is -2.25. The van der Waals surface area contributed by atoms with Gasteiger partial charge in [0.15, 0.2) is 0 Å². The maximum absolute atomic E-state index is 11.3. The number of amides is 2. The van der Waals surface area contributed by atoms with Gasteiger partial charge in [-0.15, -0.1) is 0 Å². The Kier molecular flexibility index (Phi) is 2.66. The molecule has 0 bridgehead atoms. The number of rotatable bonds is 2. The van der Waals surface area contributed by atoms with Gasteiger partial charge in [0.05, 0.1) is 0 Å². The number of imide groups is 1. The fraction of sp³-hybridized carbons (Fsp3) is 0.545. The Labute approximate surface area is 83.8 Å². The van der Waals surface area contributed by atoms with E-state index >= 15 is 0 Å². The smallest absolute Gasteiger partial charge is 0.253 e. The Balaban J connectivity index is 1.90. The molecule has 2 rings (SSSR count). The van der Waals surface area contributed by atoms with Gasteiger partial charge in [-0.05, 0) is 38.0 Å². The number of carbonyl (C=O) groups excluding carboxylic acids is 2. The predicted molar refractivity (Wildman–Crippen MR) is 52.1 cm³/mol. The Hall–Kier alpha value is -1.12. The summed E-state index contributed by atoms with van der Waals surface area (Å²) >= 11 is 0. The molecule has 0 saturated heterocycles. The van der Waals surface area contributed by atoms with Gasteiger partial charge >= 0.3 is 0 Å². The summed E-state index contributed by atoms with van der Waals surface area (Å²) in [5.74, 6) is 0.210. The molecule has 3 heteroatoms. The van der Waals surface area contributed by atoms with Crippen LogP contribution in [0.3, 0.4) is 0 Å². The first-order valence-corrected chi connectivity index (χ1v) is 5.12. The normalized spacial score (nSPS) is 23.6. The molecule has 0 atom stereocenters. The minimum atomic E-state index is -0.149. The molecule has 0 aromatic carbocycles. The standard InChI is InChI=1S/C11H14NO2/c13-10-6-7-11(14)12(10)8-9-4-2-1-3-5-9/h1,6-7,9H,2-5,8H2. The molecule has 1 heterocycles. The van der Waals surface area contributed by atoms with Crippen molar-refractivity contribution >= 4 is 11.8 Å². The topological polar surface area (TPSA) is 37.4 Å². The van der Waals surface area contributed by atoms with Crippen molar-refractivity contribution in [2.24, 2.45) is 5.92 Å². The second-order valence-corrected chi connectivity index (χ2v) is 3.93. The summed E-state index contributed by atoms with van der Waals surface area (Å²) in [6.07, 6.45) is 9.45. The van der Waals surface area contributed by atoms with Crippen LogP contribution in [0.15, 0.2) is 12.2 Å². The Morgan fingerprint density at radius 2 is 1.71 bits per heavy atom. The van der Waals surface area contributed by atoms with E-state index in [9.17, 15) is 9.59 Å². The first-order valence-electron chi connectivity index (χ1n) is 5.12. The summed E-state index contributed by atoms with van der Waals surface area (Å²) in [5.41, 5.74) is 0. The molecule has 1 aliphatic carbocycles. The SMILES string of the molecule is O=C1C=CC(=O)N1CC1CC[CH]CC1. The van der Waals surface area contributed by atoms with Crippen molar-refractivity contribution in [3.8, 4) is 0 Å². The number of nitrogens with zero attached hydrogens (tertiary/aromatic N) is 1. The first-order chi connectivity index (χ1) is 6.77. The molecule has 75 valence electrons. The van der Waals surface area contributed by atoms with Crippen molar-refractivity contribution in [3.63, 3.8) is 0 Å². The van der Waals surface area contributed by atoms with Crippen LogP contribution in [0, 0.1) is 12.3 Å². The largest absolute Gasteiger partial charge is 0.275 e. The molecule has 1 aliphatic heterocycles. The Bertz CT molecular complexity index is 259. The van der Waals surface area contributed by atoms with Crippen LogP contribution in [0.2, 0.25) is 0 Å². The lowest BCUT2D eigenvalue weighted by Crippen LogP contribution is -2.35. The van der Waals surface area contributed by atoms with Gasteiger partial charge in [-0.1, -0.05) is 0 Å². The lowest BCUT2D eigenvalue weighted by molar-refractivity contribution is -0.137. The van der Waals surface area contributed by atoms with E-state index in [0.29, 0.717) is 12.5 Å². The van der Waals surface area contributed by atoms with E-state index in [2.05, 4.69) is 6.42 Å². The summed E-state index contributed by atoms with van der Waals surface area (Å²) in [7, 11) is 0. The van der Waals surface area contributed by atoms with Gasteiger partial charge in [-0.25, -0.2) is 0 Å². The third-order valence-electron chi connectivity index (χ3n) is 2.90. The molecule has 1 saturated carbocycles. The number of carbonyl (C=O) groups is 2. The Morgan fingerprint density at radius 1 is 1.14 bits per heavy atom. The third kappa shape index (κ3) is 1.86. The van der Waals surface area contributed by atoms with Gasteiger partial charge in [-0.3, -0.25) is 14.5 Å². The van der Waals surface area contributed by atoms with Gasteiger partial charge in [-0.2, -0.15) is 0 Å². The predicted octanol–water partition coefficient (Wildman–Crippen LogP) is 1.31. The molecular weight excluding hydrogens is 178 g/mol. The molecule has 1 fully saturated rings. The van der Waals surface area contributed by atoms with Crippen LogP contribution < -0.4 is 0 Å². The van der Waals surface area contributed by atoms with E-state index in [4.69, 9.17) is 0 Å². The number of hydrogen-bond acceptors (Lipinski definition) is 2. The molecule has 1 radical (unpaired) electrons. The van der Waals surface area contributed by atoms with Crippen LogP contribution in [0.5, 0.6) is 0 Å². The molecule has 14 heavy (non-hydrogen) atoms. The fourth-order valence-electron chi connectivity index (χ4n) is 2.05. The van der Waals surface area contributed by atoms with Crippen LogP contribution in [0.4, 0.5) is 0 Å². The molecule has 0 spiro atoms. The monoisotopic (exact) mass is 192 g/mol. The van der Waals surface area contributed by atoms with Crippen LogP contribution in [0.1, 0.15) is 25.7 Å². The highest BCUT2D eigenvalue weighted by atomic mass is 16.2. The van der Waals surface area contributed by atoms with Gasteiger partial charge in [0, 0.05) is 18.7 Å². The highest BCUT2D eigenvalue weighted by Crippen LogP contribution is 2.24. The summed E-state index contributed by atoms with van der Waals surface area (Å²) in [4.78, 5) is 23.9. The average Bonchev–Trinajstić information content (AvgIpc) is 2.51. The minimum absolute atomic E-state index is 0.149. The zero-order valence-electron chi connectivity index (χ0n) is 8.11. The third-order valence-corrected chi connectivity index (χ3v) is 2.90. The van der Waals surface area contributed by atoms with Crippen molar-refractivity contribution in [2.75, 3.05) is 6.54 Å². The van der Waals surface area contributed by atoms with E-state index in [1.165, 1.54) is 17.1 Å². The molecule has 0 N–H and O–H groups in total. The van der Waals surface area contributed by atoms with Crippen LogP contribution in [-0.4, -0.2) is 23.3 Å². The zero-order chi connectivity index (χ0) is 9.97. The molecule has 3 nitrogen and oxygen atoms in total. The summed E-state index contributed by atoms with van der Waals surface area (Å²) in [6.45, 7) is 0.610. The van der Waals surface area contributed by atoms with Crippen LogP contribution in [-0.2, 0) is 9.59 Å². The van der Waals surface area contributed by atoms with Gasteiger partial charge in [0.1, 0.15) is 0 Å². The van der Waals surface area contributed by atoms with Gasteiger partial charge < -0.3 is 0 Å². The second kappa shape index (κ2) is 3.95. The van der Waals surface area contributed by atoms with E-state index in [0.717, 1.165) is 25.7 Å². The maximum Gasteiger partial charge on any atom is 0.253 e. The quantitative estimate of drug-likeness (QED) is 0.618. The van der Waals surface area contributed by atoms with E-state index in [1.54, 1.807) is 0 Å². The van der Waals surface area contributed by atoms with Gasteiger partial charge in [0.2, 0.25) is 0 Å². The van der Waals surface area contributed by atoms with E-state index < -0.39 is 0 Å². The van der Waals surface area contributed by atoms with Gasteiger partial charge in [0.25, 0.3) is 11.8 Å². The lowest BCUT2D eigenvalue weighted by atomic mass is 9.89. The Morgan fingerprint density at radius 3 is 2.29 bits per heavy atom. The first kappa shape index (κ1) is 9.44. The van der Waals surface area contributed by atoms with Crippen molar-refractivity contribution in [1.29, 1.82) is 0 Å². The molecule has 2 aliphatic rings. The molecule has 2 amide bonds. The molecular formula is C11H14NO2. The van der Waals surface area contributed by atoms with Crippen LogP contribution in [0.25, 0.3) is 0 Å².